The quantitative estimate of drug-likeness (QED) is 0.589. The number of nitrogens with one attached hydrogen (secondary N) is 1. The van der Waals surface area contributed by atoms with E-state index in [0.29, 0.717) is 0 Å². The van der Waals surface area contributed by atoms with Crippen LogP contribution in [0.3, 0.4) is 0 Å². The number of aliphatic carboxylic acids is 1. The maximum absolute atomic E-state index is 11.0. The van der Waals surface area contributed by atoms with E-state index in [1.54, 1.807) is 0 Å². The van der Waals surface area contributed by atoms with E-state index in [1.165, 1.54) is 14.0 Å². The molecule has 0 aliphatic heterocycles. The molecular weight excluding hydrogens is 190 g/mol. The van der Waals surface area contributed by atoms with Crippen LogP contribution in [-0.2, 0) is 19.1 Å². The minimum Gasteiger partial charge on any atom is -0.481 e. The lowest BCUT2D eigenvalue weighted by Gasteiger charge is -2.10. The number of esters is 1. The molecule has 0 aliphatic rings. The van der Waals surface area contributed by atoms with E-state index in [-0.39, 0.29) is 12.8 Å². The van der Waals surface area contributed by atoms with Crippen molar-refractivity contribution in [2.75, 3.05) is 7.11 Å². The van der Waals surface area contributed by atoms with Gasteiger partial charge in [0.2, 0.25) is 5.91 Å². The molecule has 14 heavy (non-hydrogen) atoms. The van der Waals surface area contributed by atoms with Gasteiger partial charge in [0.05, 0.1) is 13.5 Å². The molecule has 0 bridgehead atoms. The molecule has 0 rings (SSSR count). The molecule has 0 aliphatic carbocycles. The van der Waals surface area contributed by atoms with Gasteiger partial charge in [-0.25, -0.2) is 4.79 Å². The van der Waals surface area contributed by atoms with Gasteiger partial charge < -0.3 is 15.2 Å². The van der Waals surface area contributed by atoms with Gasteiger partial charge in [-0.2, -0.15) is 0 Å². The lowest BCUT2D eigenvalue weighted by molar-refractivity contribution is -0.144. The van der Waals surface area contributed by atoms with Crippen LogP contribution in [0, 0.1) is 0 Å². The third-order valence-corrected chi connectivity index (χ3v) is 1.50. The molecule has 0 aromatic carbocycles. The SMILES string of the molecule is COC(=O)[C@H](C)NC(=O)CCC(=O)O. The van der Waals surface area contributed by atoms with E-state index in [9.17, 15) is 14.4 Å². The first kappa shape index (κ1) is 12.4. The summed E-state index contributed by atoms with van der Waals surface area (Å²) in [6, 6.07) is -0.749. The monoisotopic (exact) mass is 203 g/mol. The van der Waals surface area contributed by atoms with Crippen LogP contribution in [0.1, 0.15) is 19.8 Å². The first-order valence-corrected chi connectivity index (χ1v) is 4.06. The molecule has 0 saturated heterocycles. The van der Waals surface area contributed by atoms with Crippen LogP contribution in [0.5, 0.6) is 0 Å². The standard InChI is InChI=1S/C8H13NO5/c1-5(8(13)14-2)9-6(10)3-4-7(11)12/h5H,3-4H2,1-2H3,(H,9,10)(H,11,12)/t5-/m0/s1. The largest absolute Gasteiger partial charge is 0.481 e. The molecule has 0 unspecified atom stereocenters. The number of amides is 1. The molecule has 0 spiro atoms. The smallest absolute Gasteiger partial charge is 0.328 e. The van der Waals surface area contributed by atoms with Crippen molar-refractivity contribution in [3.05, 3.63) is 0 Å². The Morgan fingerprint density at radius 2 is 1.93 bits per heavy atom. The Hall–Kier alpha value is -1.59. The lowest BCUT2D eigenvalue weighted by Crippen LogP contribution is -2.39. The van der Waals surface area contributed by atoms with Gasteiger partial charge in [0, 0.05) is 6.42 Å². The summed E-state index contributed by atoms with van der Waals surface area (Å²) >= 11 is 0. The zero-order valence-electron chi connectivity index (χ0n) is 8.07. The summed E-state index contributed by atoms with van der Waals surface area (Å²) in [7, 11) is 1.21. The van der Waals surface area contributed by atoms with Gasteiger partial charge in [0.15, 0.2) is 0 Å². The number of methoxy groups -OCH3 is 1. The van der Waals surface area contributed by atoms with Gasteiger partial charge in [-0.05, 0) is 6.92 Å². The van der Waals surface area contributed by atoms with E-state index >= 15 is 0 Å². The van der Waals surface area contributed by atoms with Crippen LogP contribution < -0.4 is 5.32 Å². The summed E-state index contributed by atoms with van der Waals surface area (Å²) in [6.07, 6.45) is -0.392. The molecule has 0 saturated carbocycles. The summed E-state index contributed by atoms with van der Waals surface area (Å²) < 4.78 is 4.37. The minimum absolute atomic E-state index is 0.142. The third-order valence-electron chi connectivity index (χ3n) is 1.50. The summed E-state index contributed by atoms with van der Waals surface area (Å²) in [4.78, 5) is 31.9. The number of hydrogen-bond donors (Lipinski definition) is 2. The number of rotatable bonds is 5. The van der Waals surface area contributed by atoms with Gasteiger partial charge in [0.1, 0.15) is 6.04 Å². The van der Waals surface area contributed by atoms with Crippen molar-refractivity contribution in [1.29, 1.82) is 0 Å². The van der Waals surface area contributed by atoms with Gasteiger partial charge in [-0.3, -0.25) is 9.59 Å². The van der Waals surface area contributed by atoms with Crippen molar-refractivity contribution < 1.29 is 24.2 Å². The van der Waals surface area contributed by atoms with Crippen LogP contribution in [0.2, 0.25) is 0 Å². The number of carbonyl (C=O) groups excluding carboxylic acids is 2. The maximum Gasteiger partial charge on any atom is 0.328 e. The Labute approximate surface area is 81.2 Å². The zero-order valence-corrected chi connectivity index (χ0v) is 8.07. The van der Waals surface area contributed by atoms with Crippen molar-refractivity contribution >= 4 is 17.8 Å². The van der Waals surface area contributed by atoms with Crippen LogP contribution in [0.15, 0.2) is 0 Å². The highest BCUT2D eigenvalue weighted by Gasteiger charge is 2.15. The number of carboxylic acids is 1. The summed E-state index contributed by atoms with van der Waals surface area (Å²) in [5.74, 6) is -2.09. The van der Waals surface area contributed by atoms with E-state index in [4.69, 9.17) is 5.11 Å². The summed E-state index contributed by atoms with van der Waals surface area (Å²) in [5.41, 5.74) is 0. The summed E-state index contributed by atoms with van der Waals surface area (Å²) in [6.45, 7) is 1.46. The molecule has 6 nitrogen and oxygen atoms in total. The fourth-order valence-corrected chi connectivity index (χ4v) is 0.770. The van der Waals surface area contributed by atoms with Crippen molar-refractivity contribution in [3.63, 3.8) is 0 Å². The fraction of sp³-hybridized carbons (Fsp3) is 0.625. The average molecular weight is 203 g/mol. The van der Waals surface area contributed by atoms with Crippen molar-refractivity contribution in [1.82, 2.24) is 5.32 Å². The molecular formula is C8H13NO5. The molecule has 0 heterocycles. The normalized spacial score (nSPS) is 11.6. The van der Waals surface area contributed by atoms with E-state index in [1.807, 2.05) is 0 Å². The number of carbonyl (C=O) groups is 3. The Kier molecular flexibility index (Phi) is 5.28. The predicted octanol–water partition coefficient (Wildman–Crippen LogP) is -0.471. The first-order valence-electron chi connectivity index (χ1n) is 4.06. The van der Waals surface area contributed by atoms with Gasteiger partial charge in [-0.1, -0.05) is 0 Å². The van der Waals surface area contributed by atoms with E-state index < -0.39 is 23.9 Å². The number of hydrogen-bond acceptors (Lipinski definition) is 4. The van der Waals surface area contributed by atoms with Gasteiger partial charge in [0.25, 0.3) is 0 Å². The number of ether oxygens (including phenoxy) is 1. The van der Waals surface area contributed by atoms with Crippen LogP contribution in [0.25, 0.3) is 0 Å². The minimum atomic E-state index is -1.05. The van der Waals surface area contributed by atoms with Crippen LogP contribution in [-0.4, -0.2) is 36.1 Å². The molecule has 80 valence electrons. The zero-order chi connectivity index (χ0) is 11.1. The van der Waals surface area contributed by atoms with Crippen LogP contribution in [0.4, 0.5) is 0 Å². The van der Waals surface area contributed by atoms with Gasteiger partial charge >= 0.3 is 11.9 Å². The Morgan fingerprint density at radius 3 is 2.36 bits per heavy atom. The topological polar surface area (TPSA) is 92.7 Å². The molecule has 0 fully saturated rings. The highest BCUT2D eigenvalue weighted by atomic mass is 16.5. The molecule has 0 aromatic heterocycles. The predicted molar refractivity (Wildman–Crippen MR) is 46.5 cm³/mol. The van der Waals surface area contributed by atoms with E-state index in [2.05, 4.69) is 10.1 Å². The fourth-order valence-electron chi connectivity index (χ4n) is 0.770. The summed E-state index contributed by atoms with van der Waals surface area (Å²) in [5, 5.41) is 10.6. The van der Waals surface area contributed by atoms with Crippen molar-refractivity contribution in [3.8, 4) is 0 Å². The molecule has 6 heteroatoms. The Balaban J connectivity index is 3.82. The maximum atomic E-state index is 11.0. The second-order valence-electron chi connectivity index (χ2n) is 2.71. The third kappa shape index (κ3) is 5.13. The number of carboxylic acid groups (broad SMARTS) is 1. The first-order chi connectivity index (χ1) is 6.47. The molecule has 2 N–H and O–H groups in total. The molecule has 0 radical (unpaired) electrons. The van der Waals surface area contributed by atoms with Crippen LogP contribution >= 0.6 is 0 Å². The molecule has 1 amide bonds. The highest BCUT2D eigenvalue weighted by Crippen LogP contribution is 1.92. The highest BCUT2D eigenvalue weighted by molar-refractivity contribution is 5.85. The second kappa shape index (κ2) is 5.95. The Bertz CT molecular complexity index is 238. The lowest BCUT2D eigenvalue weighted by atomic mass is 10.2. The van der Waals surface area contributed by atoms with Crippen molar-refractivity contribution in [2.45, 2.75) is 25.8 Å². The van der Waals surface area contributed by atoms with E-state index in [0.717, 1.165) is 0 Å². The molecule has 1 atom stereocenters. The van der Waals surface area contributed by atoms with Crippen molar-refractivity contribution in [2.24, 2.45) is 0 Å². The molecule has 0 aromatic rings. The average Bonchev–Trinajstić information content (AvgIpc) is 2.13. The Morgan fingerprint density at radius 1 is 1.36 bits per heavy atom. The van der Waals surface area contributed by atoms with Gasteiger partial charge in [-0.15, -0.1) is 0 Å². The second-order valence-corrected chi connectivity index (χ2v) is 2.71.